The van der Waals surface area contributed by atoms with Crippen molar-refractivity contribution in [1.29, 1.82) is 0 Å². The van der Waals surface area contributed by atoms with E-state index in [4.69, 9.17) is 4.74 Å². The van der Waals surface area contributed by atoms with E-state index >= 15 is 0 Å². The van der Waals surface area contributed by atoms with Crippen molar-refractivity contribution in [3.8, 4) is 16.3 Å². The molecular weight excluding hydrogens is 350 g/mol. The van der Waals surface area contributed by atoms with Gasteiger partial charge in [0.1, 0.15) is 10.8 Å². The van der Waals surface area contributed by atoms with E-state index in [1.807, 2.05) is 50.4 Å². The van der Waals surface area contributed by atoms with E-state index in [0.717, 1.165) is 22.0 Å². The predicted molar refractivity (Wildman–Crippen MR) is 103 cm³/mol. The molecule has 140 valence electrons. The second kappa shape index (κ2) is 9.91. The number of para-hydroxylation sites is 1. The molecule has 0 aliphatic carbocycles. The summed E-state index contributed by atoms with van der Waals surface area (Å²) in [7, 11) is 0. The Balaban J connectivity index is 1.86. The van der Waals surface area contributed by atoms with E-state index < -0.39 is 0 Å². The number of amides is 2. The number of benzene rings is 1. The second-order valence-electron chi connectivity index (χ2n) is 6.05. The number of carbonyl (C=O) groups excluding carboxylic acids is 2. The summed E-state index contributed by atoms with van der Waals surface area (Å²) in [5, 5.41) is 8.28. The fourth-order valence-corrected chi connectivity index (χ4v) is 3.10. The number of hydrogen-bond donors (Lipinski definition) is 2. The average molecular weight is 375 g/mol. The Morgan fingerprint density at radius 1 is 1.19 bits per heavy atom. The Kier molecular flexibility index (Phi) is 7.59. The van der Waals surface area contributed by atoms with Crippen LogP contribution in [0.5, 0.6) is 5.75 Å². The summed E-state index contributed by atoms with van der Waals surface area (Å²) >= 11 is 1.49. The third-order valence-electron chi connectivity index (χ3n) is 3.58. The Morgan fingerprint density at radius 2 is 1.92 bits per heavy atom. The standard InChI is InChI=1S/C19H25N3O3S/c1-4-25-16-8-6-5-7-15(16)19-22-14(12-26-19)11-17(23)20-9-10-21-18(24)13(2)3/h5-8,12-13H,4,9-11H2,1-3H3,(H,20,23)(H,21,24). The zero-order chi connectivity index (χ0) is 18.9. The van der Waals surface area contributed by atoms with E-state index in [1.165, 1.54) is 11.3 Å². The maximum Gasteiger partial charge on any atom is 0.226 e. The van der Waals surface area contributed by atoms with Crippen LogP contribution < -0.4 is 15.4 Å². The first-order chi connectivity index (χ1) is 12.5. The van der Waals surface area contributed by atoms with Gasteiger partial charge in [-0.25, -0.2) is 4.98 Å². The molecule has 0 saturated carbocycles. The Labute approximate surface area is 158 Å². The van der Waals surface area contributed by atoms with Gasteiger partial charge in [-0.2, -0.15) is 0 Å². The molecular formula is C19H25N3O3S. The molecule has 1 heterocycles. The molecule has 6 nitrogen and oxygen atoms in total. The zero-order valence-corrected chi connectivity index (χ0v) is 16.2. The van der Waals surface area contributed by atoms with Gasteiger partial charge >= 0.3 is 0 Å². The van der Waals surface area contributed by atoms with Crippen LogP contribution in [0.1, 0.15) is 26.5 Å². The van der Waals surface area contributed by atoms with Crippen LogP contribution in [-0.2, 0) is 16.0 Å². The molecule has 1 aromatic carbocycles. The average Bonchev–Trinajstić information content (AvgIpc) is 3.07. The van der Waals surface area contributed by atoms with E-state index in [9.17, 15) is 9.59 Å². The Bertz CT molecular complexity index is 743. The molecule has 2 amide bonds. The van der Waals surface area contributed by atoms with Gasteiger partial charge in [-0.1, -0.05) is 26.0 Å². The van der Waals surface area contributed by atoms with E-state index in [1.54, 1.807) is 0 Å². The van der Waals surface area contributed by atoms with Gasteiger partial charge < -0.3 is 15.4 Å². The quantitative estimate of drug-likeness (QED) is 0.660. The smallest absolute Gasteiger partial charge is 0.226 e. The highest BCUT2D eigenvalue weighted by Crippen LogP contribution is 2.32. The third-order valence-corrected chi connectivity index (χ3v) is 4.51. The van der Waals surface area contributed by atoms with Crippen LogP contribution in [0.25, 0.3) is 10.6 Å². The number of nitrogens with zero attached hydrogens (tertiary/aromatic N) is 1. The molecule has 0 atom stereocenters. The molecule has 7 heteroatoms. The lowest BCUT2D eigenvalue weighted by atomic mass is 10.2. The SMILES string of the molecule is CCOc1ccccc1-c1nc(CC(=O)NCCNC(=O)C(C)C)cs1. The highest BCUT2D eigenvalue weighted by molar-refractivity contribution is 7.13. The van der Waals surface area contributed by atoms with Crippen molar-refractivity contribution < 1.29 is 14.3 Å². The van der Waals surface area contributed by atoms with Crippen molar-refractivity contribution >= 4 is 23.2 Å². The maximum absolute atomic E-state index is 12.0. The van der Waals surface area contributed by atoms with Gasteiger partial charge in [-0.15, -0.1) is 11.3 Å². The zero-order valence-electron chi connectivity index (χ0n) is 15.4. The first kappa shape index (κ1) is 19.9. The van der Waals surface area contributed by atoms with Crippen LogP contribution in [0.4, 0.5) is 0 Å². The van der Waals surface area contributed by atoms with E-state index in [0.29, 0.717) is 19.7 Å². The lowest BCUT2D eigenvalue weighted by Crippen LogP contribution is -2.36. The van der Waals surface area contributed by atoms with Crippen molar-refractivity contribution in [3.05, 3.63) is 35.3 Å². The van der Waals surface area contributed by atoms with E-state index in [2.05, 4.69) is 15.6 Å². The number of aromatic nitrogens is 1. The lowest BCUT2D eigenvalue weighted by Gasteiger charge is -2.08. The molecule has 1 aromatic heterocycles. The van der Waals surface area contributed by atoms with Gasteiger partial charge in [-0.3, -0.25) is 9.59 Å². The lowest BCUT2D eigenvalue weighted by molar-refractivity contribution is -0.124. The highest BCUT2D eigenvalue weighted by atomic mass is 32.1. The van der Waals surface area contributed by atoms with Crippen LogP contribution in [0, 0.1) is 5.92 Å². The molecule has 0 radical (unpaired) electrons. The second-order valence-corrected chi connectivity index (χ2v) is 6.90. The first-order valence-electron chi connectivity index (χ1n) is 8.72. The van der Waals surface area contributed by atoms with Gasteiger partial charge in [0.25, 0.3) is 0 Å². The molecule has 26 heavy (non-hydrogen) atoms. The molecule has 0 unspecified atom stereocenters. The van der Waals surface area contributed by atoms with Crippen molar-refractivity contribution in [1.82, 2.24) is 15.6 Å². The van der Waals surface area contributed by atoms with Crippen molar-refractivity contribution in [3.63, 3.8) is 0 Å². The minimum Gasteiger partial charge on any atom is -0.493 e. The molecule has 2 rings (SSSR count). The molecule has 0 bridgehead atoms. The summed E-state index contributed by atoms with van der Waals surface area (Å²) in [4.78, 5) is 28.0. The molecule has 2 N–H and O–H groups in total. The molecule has 0 fully saturated rings. The van der Waals surface area contributed by atoms with Gasteiger partial charge in [0.05, 0.1) is 24.3 Å². The number of hydrogen-bond acceptors (Lipinski definition) is 5. The summed E-state index contributed by atoms with van der Waals surface area (Å²) < 4.78 is 5.64. The summed E-state index contributed by atoms with van der Waals surface area (Å²) in [5.41, 5.74) is 1.66. The largest absolute Gasteiger partial charge is 0.493 e. The van der Waals surface area contributed by atoms with Crippen LogP contribution in [0.3, 0.4) is 0 Å². The van der Waals surface area contributed by atoms with Crippen LogP contribution in [0.15, 0.2) is 29.6 Å². The van der Waals surface area contributed by atoms with Gasteiger partial charge in [0.15, 0.2) is 0 Å². The predicted octanol–water partition coefficient (Wildman–Crippen LogP) is 2.64. The molecule has 0 aliphatic rings. The molecule has 0 aliphatic heterocycles. The molecule has 0 spiro atoms. The number of carbonyl (C=O) groups is 2. The number of ether oxygens (including phenoxy) is 1. The third kappa shape index (κ3) is 5.84. The summed E-state index contributed by atoms with van der Waals surface area (Å²) in [6.07, 6.45) is 0.214. The monoisotopic (exact) mass is 375 g/mol. The van der Waals surface area contributed by atoms with Crippen molar-refractivity contribution in [2.24, 2.45) is 5.92 Å². The van der Waals surface area contributed by atoms with Crippen molar-refractivity contribution in [2.75, 3.05) is 19.7 Å². The minimum absolute atomic E-state index is 0.0173. The molecule has 0 saturated heterocycles. The molecule has 2 aromatic rings. The van der Waals surface area contributed by atoms with E-state index in [-0.39, 0.29) is 24.2 Å². The topological polar surface area (TPSA) is 80.3 Å². The summed E-state index contributed by atoms with van der Waals surface area (Å²) in [5.74, 6) is 0.607. The Morgan fingerprint density at radius 3 is 2.65 bits per heavy atom. The van der Waals surface area contributed by atoms with Gasteiger partial charge in [0.2, 0.25) is 11.8 Å². The van der Waals surface area contributed by atoms with Gasteiger partial charge in [0, 0.05) is 24.4 Å². The number of rotatable bonds is 9. The normalized spacial score (nSPS) is 10.6. The fourth-order valence-electron chi connectivity index (χ4n) is 2.26. The summed E-state index contributed by atoms with van der Waals surface area (Å²) in [6.45, 7) is 7.02. The highest BCUT2D eigenvalue weighted by Gasteiger charge is 2.12. The number of thiazole rings is 1. The maximum atomic E-state index is 12.0. The van der Waals surface area contributed by atoms with Crippen LogP contribution in [0.2, 0.25) is 0 Å². The number of nitrogens with one attached hydrogen (secondary N) is 2. The fraction of sp³-hybridized carbons (Fsp3) is 0.421. The Hall–Kier alpha value is -2.41. The van der Waals surface area contributed by atoms with Crippen LogP contribution in [-0.4, -0.2) is 36.5 Å². The first-order valence-corrected chi connectivity index (χ1v) is 9.60. The summed E-state index contributed by atoms with van der Waals surface area (Å²) in [6, 6.07) is 7.74. The van der Waals surface area contributed by atoms with Crippen molar-refractivity contribution in [2.45, 2.75) is 27.2 Å². The van der Waals surface area contributed by atoms with Crippen LogP contribution >= 0.6 is 11.3 Å². The minimum atomic E-state index is -0.112. The van der Waals surface area contributed by atoms with Gasteiger partial charge in [-0.05, 0) is 19.1 Å².